The molecule has 1 fully saturated rings. The summed E-state index contributed by atoms with van der Waals surface area (Å²) in [5.41, 5.74) is 1.43. The van der Waals surface area contributed by atoms with E-state index in [2.05, 4.69) is 15.0 Å². The lowest BCUT2D eigenvalue weighted by Gasteiger charge is -2.30. The van der Waals surface area contributed by atoms with Gasteiger partial charge in [0.1, 0.15) is 12.0 Å². The molecule has 2 aromatic rings. The van der Waals surface area contributed by atoms with Crippen molar-refractivity contribution >= 4 is 10.0 Å². The van der Waals surface area contributed by atoms with Gasteiger partial charge in [-0.2, -0.15) is 0 Å². The van der Waals surface area contributed by atoms with Crippen molar-refractivity contribution < 1.29 is 12.8 Å². The molecule has 8 heteroatoms. The number of oxazole rings is 1. The molecule has 0 saturated carbocycles. The zero-order valence-corrected chi connectivity index (χ0v) is 13.2. The summed E-state index contributed by atoms with van der Waals surface area (Å²) < 4.78 is 30.1. The largest absolute Gasteiger partial charge is 0.443 e. The lowest BCUT2D eigenvalue weighted by atomic mass is 9.95. The summed E-state index contributed by atoms with van der Waals surface area (Å²) in [6.45, 7) is 1.15. The zero-order chi connectivity index (χ0) is 15.6. The highest BCUT2D eigenvalue weighted by Gasteiger charge is 2.26. The molecule has 22 heavy (non-hydrogen) atoms. The third-order valence-corrected chi connectivity index (χ3v) is 5.05. The van der Waals surface area contributed by atoms with Gasteiger partial charge < -0.3 is 4.42 Å². The Morgan fingerprint density at radius 3 is 3.00 bits per heavy atom. The molecule has 3 rings (SSSR count). The molecule has 0 spiro atoms. The maximum Gasteiger partial charge on any atom is 0.246 e. The minimum atomic E-state index is -3.12. The zero-order valence-electron chi connectivity index (χ0n) is 12.3. The van der Waals surface area contributed by atoms with Crippen LogP contribution >= 0.6 is 0 Å². The normalized spacial score (nSPS) is 20.1. The Labute approximate surface area is 129 Å². The molecule has 7 nitrogen and oxygen atoms in total. The summed E-state index contributed by atoms with van der Waals surface area (Å²) >= 11 is 0. The molecule has 0 N–H and O–H groups in total. The van der Waals surface area contributed by atoms with Crippen LogP contribution in [0.3, 0.4) is 0 Å². The fraction of sp³-hybridized carbons (Fsp3) is 0.500. The Bertz CT molecular complexity index is 730. The SMILES string of the molecule is CS(=O)(=O)N1CCC[C@H](Cc2cncc(-c3ncco3)n2)C1. The number of rotatable bonds is 4. The van der Waals surface area contributed by atoms with E-state index in [0.717, 1.165) is 18.5 Å². The number of aromatic nitrogens is 3. The minimum absolute atomic E-state index is 0.262. The molecule has 118 valence electrons. The van der Waals surface area contributed by atoms with Crippen LogP contribution in [0.15, 0.2) is 29.3 Å². The molecule has 0 radical (unpaired) electrons. The Morgan fingerprint density at radius 1 is 1.41 bits per heavy atom. The average Bonchev–Trinajstić information content (AvgIpc) is 3.01. The van der Waals surface area contributed by atoms with Crippen LogP contribution in [-0.4, -0.2) is 47.0 Å². The van der Waals surface area contributed by atoms with Crippen LogP contribution in [0.25, 0.3) is 11.6 Å². The van der Waals surface area contributed by atoms with Crippen LogP contribution in [0.1, 0.15) is 18.5 Å². The first-order valence-corrected chi connectivity index (χ1v) is 9.03. The molecular formula is C14H18N4O3S. The average molecular weight is 322 g/mol. The number of hydrogen-bond donors (Lipinski definition) is 0. The molecule has 0 unspecified atom stereocenters. The van der Waals surface area contributed by atoms with Crippen molar-refractivity contribution in [3.05, 3.63) is 30.5 Å². The summed E-state index contributed by atoms with van der Waals surface area (Å²) in [7, 11) is -3.12. The van der Waals surface area contributed by atoms with Crippen LogP contribution in [-0.2, 0) is 16.4 Å². The quantitative estimate of drug-likeness (QED) is 0.844. The second-order valence-electron chi connectivity index (χ2n) is 5.57. The molecule has 0 amide bonds. The van der Waals surface area contributed by atoms with E-state index >= 15 is 0 Å². The maximum absolute atomic E-state index is 11.7. The van der Waals surface area contributed by atoms with Gasteiger partial charge in [-0.05, 0) is 25.2 Å². The minimum Gasteiger partial charge on any atom is -0.443 e. The Kier molecular flexibility index (Phi) is 4.21. The molecular weight excluding hydrogens is 304 g/mol. The standard InChI is InChI=1S/C14H18N4O3S/c1-22(19,20)18-5-2-3-11(10-18)7-12-8-15-9-13(17-12)14-16-4-6-21-14/h4,6,8-9,11H,2-3,5,7,10H2,1H3/t11-/m1/s1. The van der Waals surface area contributed by atoms with Crippen LogP contribution in [0.5, 0.6) is 0 Å². The Hall–Kier alpha value is -1.80. The van der Waals surface area contributed by atoms with E-state index in [1.807, 2.05) is 0 Å². The third kappa shape index (κ3) is 3.50. The summed E-state index contributed by atoms with van der Waals surface area (Å²) in [4.78, 5) is 12.8. The monoisotopic (exact) mass is 322 g/mol. The molecule has 1 saturated heterocycles. The maximum atomic E-state index is 11.7. The van der Waals surface area contributed by atoms with Crippen molar-refractivity contribution in [3.63, 3.8) is 0 Å². The molecule has 0 aliphatic carbocycles. The van der Waals surface area contributed by atoms with Crippen molar-refractivity contribution in [2.24, 2.45) is 5.92 Å². The Balaban J connectivity index is 1.72. The Morgan fingerprint density at radius 2 is 2.27 bits per heavy atom. The molecule has 0 bridgehead atoms. The summed E-state index contributed by atoms with van der Waals surface area (Å²) in [6, 6.07) is 0. The second-order valence-corrected chi connectivity index (χ2v) is 7.55. The summed E-state index contributed by atoms with van der Waals surface area (Å²) in [5.74, 6) is 0.702. The molecule has 0 aromatic carbocycles. The van der Waals surface area contributed by atoms with Gasteiger partial charge in [0.15, 0.2) is 0 Å². The second kappa shape index (κ2) is 6.13. The van der Waals surface area contributed by atoms with Crippen molar-refractivity contribution in [1.29, 1.82) is 0 Å². The van der Waals surface area contributed by atoms with E-state index in [1.54, 1.807) is 22.9 Å². The first-order valence-electron chi connectivity index (χ1n) is 7.18. The van der Waals surface area contributed by atoms with Gasteiger partial charge in [0, 0.05) is 19.3 Å². The first kappa shape index (κ1) is 15.1. The lowest BCUT2D eigenvalue weighted by molar-refractivity contribution is 0.265. The van der Waals surface area contributed by atoms with Gasteiger partial charge in [-0.25, -0.2) is 22.7 Å². The highest BCUT2D eigenvalue weighted by molar-refractivity contribution is 7.88. The van der Waals surface area contributed by atoms with E-state index < -0.39 is 10.0 Å². The smallest absolute Gasteiger partial charge is 0.246 e. The van der Waals surface area contributed by atoms with Crippen molar-refractivity contribution in [2.45, 2.75) is 19.3 Å². The van der Waals surface area contributed by atoms with Gasteiger partial charge in [-0.3, -0.25) is 4.98 Å². The van der Waals surface area contributed by atoms with Crippen molar-refractivity contribution in [3.8, 4) is 11.6 Å². The third-order valence-electron chi connectivity index (χ3n) is 3.78. The van der Waals surface area contributed by atoms with E-state index in [9.17, 15) is 8.42 Å². The topological polar surface area (TPSA) is 89.2 Å². The first-order chi connectivity index (χ1) is 10.5. The van der Waals surface area contributed by atoms with Crippen LogP contribution in [0, 0.1) is 5.92 Å². The van der Waals surface area contributed by atoms with E-state index in [4.69, 9.17) is 4.42 Å². The van der Waals surface area contributed by atoms with E-state index in [-0.39, 0.29) is 5.92 Å². The number of piperidine rings is 1. The highest BCUT2D eigenvalue weighted by Crippen LogP contribution is 2.22. The van der Waals surface area contributed by atoms with Gasteiger partial charge in [0.05, 0.1) is 24.3 Å². The van der Waals surface area contributed by atoms with Gasteiger partial charge >= 0.3 is 0 Å². The van der Waals surface area contributed by atoms with Crippen molar-refractivity contribution in [1.82, 2.24) is 19.3 Å². The molecule has 2 aromatic heterocycles. The predicted molar refractivity (Wildman–Crippen MR) is 80.4 cm³/mol. The predicted octanol–water partition coefficient (Wildman–Crippen LogP) is 1.35. The van der Waals surface area contributed by atoms with E-state index in [1.165, 1.54) is 12.5 Å². The van der Waals surface area contributed by atoms with Gasteiger partial charge in [0.25, 0.3) is 0 Å². The molecule has 1 atom stereocenters. The van der Waals surface area contributed by atoms with Gasteiger partial charge in [-0.1, -0.05) is 0 Å². The molecule has 1 aliphatic rings. The summed E-state index contributed by atoms with van der Waals surface area (Å²) in [5, 5.41) is 0. The number of sulfonamides is 1. The fourth-order valence-electron chi connectivity index (χ4n) is 2.75. The van der Waals surface area contributed by atoms with Crippen LogP contribution in [0.2, 0.25) is 0 Å². The summed E-state index contributed by atoms with van der Waals surface area (Å²) in [6.07, 6.45) is 10.2. The van der Waals surface area contributed by atoms with Crippen molar-refractivity contribution in [2.75, 3.05) is 19.3 Å². The fourth-order valence-corrected chi connectivity index (χ4v) is 3.69. The van der Waals surface area contributed by atoms with Crippen LogP contribution in [0.4, 0.5) is 0 Å². The molecule has 3 heterocycles. The van der Waals surface area contributed by atoms with E-state index in [0.29, 0.717) is 31.1 Å². The lowest BCUT2D eigenvalue weighted by Crippen LogP contribution is -2.39. The number of hydrogen-bond acceptors (Lipinski definition) is 6. The van der Waals surface area contributed by atoms with Crippen LogP contribution < -0.4 is 0 Å². The van der Waals surface area contributed by atoms with Gasteiger partial charge in [-0.15, -0.1) is 0 Å². The number of nitrogens with zero attached hydrogens (tertiary/aromatic N) is 4. The highest BCUT2D eigenvalue weighted by atomic mass is 32.2. The van der Waals surface area contributed by atoms with Gasteiger partial charge in [0.2, 0.25) is 15.9 Å². The molecule has 1 aliphatic heterocycles.